The van der Waals surface area contributed by atoms with Gasteiger partial charge in [0.15, 0.2) is 0 Å². The lowest BCUT2D eigenvalue weighted by Crippen LogP contribution is -2.04. The van der Waals surface area contributed by atoms with Crippen molar-refractivity contribution in [2.24, 2.45) is 0 Å². The lowest BCUT2D eigenvalue weighted by molar-refractivity contribution is -0.131. The van der Waals surface area contributed by atoms with Crippen molar-refractivity contribution in [3.05, 3.63) is 12.2 Å². The number of hydrogen-bond donors (Lipinski definition) is 2. The summed E-state index contributed by atoms with van der Waals surface area (Å²) in [7, 11) is 0. The van der Waals surface area contributed by atoms with E-state index in [-0.39, 0.29) is 6.10 Å². The first-order chi connectivity index (χ1) is 6.16. The molecule has 0 amide bonds. The number of rotatable bonds is 7. The van der Waals surface area contributed by atoms with E-state index in [1.165, 1.54) is 0 Å². The maximum atomic E-state index is 10.1. The second-order valence-electron chi connectivity index (χ2n) is 3.11. The van der Waals surface area contributed by atoms with E-state index < -0.39 is 5.97 Å². The second kappa shape index (κ2) is 7.80. The smallest absolute Gasteiger partial charge is 0.327 e. The minimum Gasteiger partial charge on any atom is -0.478 e. The molecule has 1 atom stereocenters. The minimum atomic E-state index is -0.908. The molecule has 0 radical (unpaired) electrons. The fourth-order valence-corrected chi connectivity index (χ4v) is 1.13. The lowest BCUT2D eigenvalue weighted by atomic mass is 10.1. The highest BCUT2D eigenvalue weighted by Crippen LogP contribution is 2.06. The molecule has 0 aliphatic carbocycles. The largest absolute Gasteiger partial charge is 0.478 e. The number of aliphatic carboxylic acids is 1. The summed E-state index contributed by atoms with van der Waals surface area (Å²) in [5.41, 5.74) is 0. The molecule has 0 aromatic heterocycles. The van der Waals surface area contributed by atoms with Gasteiger partial charge in [-0.25, -0.2) is 4.79 Å². The van der Waals surface area contributed by atoms with Crippen molar-refractivity contribution in [3.63, 3.8) is 0 Å². The number of carbonyl (C=O) groups is 1. The summed E-state index contributed by atoms with van der Waals surface area (Å²) in [4.78, 5) is 10.1. The van der Waals surface area contributed by atoms with Gasteiger partial charge in [-0.3, -0.25) is 0 Å². The van der Waals surface area contributed by atoms with Crippen molar-refractivity contribution in [2.75, 3.05) is 0 Å². The molecule has 0 fully saturated rings. The first-order valence-electron chi connectivity index (χ1n) is 4.74. The highest BCUT2D eigenvalue weighted by molar-refractivity contribution is 5.79. The van der Waals surface area contributed by atoms with E-state index >= 15 is 0 Å². The predicted molar refractivity (Wildman–Crippen MR) is 51.5 cm³/mol. The van der Waals surface area contributed by atoms with Crippen molar-refractivity contribution >= 4 is 5.97 Å². The average molecular weight is 186 g/mol. The lowest BCUT2D eigenvalue weighted by Gasteiger charge is -2.06. The third kappa shape index (κ3) is 9.08. The summed E-state index contributed by atoms with van der Waals surface area (Å²) in [6.45, 7) is 2.04. The maximum Gasteiger partial charge on any atom is 0.327 e. The number of allylic oxidation sites excluding steroid dienone is 1. The van der Waals surface area contributed by atoms with Crippen LogP contribution in [0.2, 0.25) is 0 Å². The number of hydrogen-bond acceptors (Lipinski definition) is 2. The molecule has 0 heterocycles. The fraction of sp³-hybridized carbons (Fsp3) is 0.700. The van der Waals surface area contributed by atoms with Gasteiger partial charge in [-0.05, 0) is 25.7 Å². The Kier molecular flexibility index (Phi) is 7.30. The predicted octanol–water partition coefficient (Wildman–Crippen LogP) is 1.96. The molecular formula is C10H18O3. The molecule has 0 aromatic rings. The van der Waals surface area contributed by atoms with Crippen LogP contribution in [0.15, 0.2) is 12.2 Å². The van der Waals surface area contributed by atoms with Gasteiger partial charge in [0.25, 0.3) is 0 Å². The van der Waals surface area contributed by atoms with Gasteiger partial charge in [-0.1, -0.05) is 19.4 Å². The van der Waals surface area contributed by atoms with Crippen LogP contribution in [0.4, 0.5) is 0 Å². The monoisotopic (exact) mass is 186 g/mol. The van der Waals surface area contributed by atoms with Crippen LogP contribution < -0.4 is 0 Å². The van der Waals surface area contributed by atoms with E-state index in [9.17, 15) is 9.90 Å². The van der Waals surface area contributed by atoms with Crippen molar-refractivity contribution < 1.29 is 15.0 Å². The highest BCUT2D eigenvalue weighted by Gasteiger charge is 2.00. The molecule has 76 valence electrons. The SMILES string of the molecule is CCCC(O)CCC/C=C/C(=O)O. The first kappa shape index (κ1) is 12.2. The second-order valence-corrected chi connectivity index (χ2v) is 3.11. The van der Waals surface area contributed by atoms with Crippen molar-refractivity contribution in [3.8, 4) is 0 Å². The number of unbranched alkanes of at least 4 members (excludes halogenated alkanes) is 1. The summed E-state index contributed by atoms with van der Waals surface area (Å²) in [5.74, 6) is -0.908. The summed E-state index contributed by atoms with van der Waals surface area (Å²) >= 11 is 0. The van der Waals surface area contributed by atoms with Crippen LogP contribution in [0.25, 0.3) is 0 Å². The Morgan fingerprint density at radius 2 is 2.15 bits per heavy atom. The van der Waals surface area contributed by atoms with Gasteiger partial charge in [0.1, 0.15) is 0 Å². The summed E-state index contributed by atoms with van der Waals surface area (Å²) in [6, 6.07) is 0. The van der Waals surface area contributed by atoms with Gasteiger partial charge in [-0.2, -0.15) is 0 Å². The van der Waals surface area contributed by atoms with Crippen molar-refractivity contribution in [1.82, 2.24) is 0 Å². The van der Waals surface area contributed by atoms with Crippen molar-refractivity contribution in [1.29, 1.82) is 0 Å². The number of aliphatic hydroxyl groups is 1. The van der Waals surface area contributed by atoms with E-state index in [1.54, 1.807) is 6.08 Å². The standard InChI is InChI=1S/C10H18O3/c1-2-6-9(11)7-4-3-5-8-10(12)13/h5,8-9,11H,2-4,6-7H2,1H3,(H,12,13)/b8-5+. The molecule has 1 unspecified atom stereocenters. The van der Waals surface area contributed by atoms with Gasteiger partial charge in [0, 0.05) is 6.08 Å². The molecule has 0 saturated heterocycles. The molecule has 0 aromatic carbocycles. The van der Waals surface area contributed by atoms with E-state index in [1.807, 2.05) is 6.92 Å². The van der Waals surface area contributed by atoms with Gasteiger partial charge in [0.05, 0.1) is 6.10 Å². The van der Waals surface area contributed by atoms with E-state index in [0.717, 1.165) is 38.2 Å². The van der Waals surface area contributed by atoms with Crippen LogP contribution in [0.5, 0.6) is 0 Å². The zero-order chi connectivity index (χ0) is 10.1. The molecule has 0 spiro atoms. The van der Waals surface area contributed by atoms with E-state index in [4.69, 9.17) is 5.11 Å². The number of aliphatic hydroxyl groups excluding tert-OH is 1. The van der Waals surface area contributed by atoms with Gasteiger partial charge in [-0.15, -0.1) is 0 Å². The minimum absolute atomic E-state index is 0.219. The van der Waals surface area contributed by atoms with Gasteiger partial charge < -0.3 is 10.2 Å². The molecule has 0 aliphatic rings. The molecule has 0 rings (SSSR count). The van der Waals surface area contributed by atoms with Crippen LogP contribution in [0.3, 0.4) is 0 Å². The molecule has 3 heteroatoms. The quantitative estimate of drug-likeness (QED) is 0.472. The Morgan fingerprint density at radius 3 is 2.69 bits per heavy atom. The molecule has 3 nitrogen and oxygen atoms in total. The first-order valence-corrected chi connectivity index (χ1v) is 4.74. The van der Waals surface area contributed by atoms with Crippen LogP contribution in [0, 0.1) is 0 Å². The Morgan fingerprint density at radius 1 is 1.46 bits per heavy atom. The maximum absolute atomic E-state index is 10.1. The number of carboxylic acids is 1. The third-order valence-electron chi connectivity index (χ3n) is 1.79. The summed E-state index contributed by atoms with van der Waals surface area (Å²) in [5, 5.41) is 17.6. The zero-order valence-electron chi connectivity index (χ0n) is 8.07. The number of carboxylic acid groups (broad SMARTS) is 1. The Labute approximate surface area is 79.1 Å². The molecule has 0 aliphatic heterocycles. The molecule has 2 N–H and O–H groups in total. The van der Waals surface area contributed by atoms with E-state index in [0.29, 0.717) is 0 Å². The third-order valence-corrected chi connectivity index (χ3v) is 1.79. The Hall–Kier alpha value is -0.830. The van der Waals surface area contributed by atoms with Crippen LogP contribution in [-0.2, 0) is 4.79 Å². The van der Waals surface area contributed by atoms with Crippen LogP contribution in [-0.4, -0.2) is 22.3 Å². The van der Waals surface area contributed by atoms with Crippen LogP contribution >= 0.6 is 0 Å². The van der Waals surface area contributed by atoms with Gasteiger partial charge >= 0.3 is 5.97 Å². The zero-order valence-corrected chi connectivity index (χ0v) is 8.07. The Balaban J connectivity index is 3.29. The molecule has 0 saturated carbocycles. The molecule has 13 heavy (non-hydrogen) atoms. The van der Waals surface area contributed by atoms with Gasteiger partial charge in [0.2, 0.25) is 0 Å². The van der Waals surface area contributed by atoms with E-state index in [2.05, 4.69) is 0 Å². The molecular weight excluding hydrogens is 168 g/mol. The topological polar surface area (TPSA) is 57.5 Å². The average Bonchev–Trinajstić information content (AvgIpc) is 2.03. The van der Waals surface area contributed by atoms with Crippen molar-refractivity contribution in [2.45, 2.75) is 45.1 Å². The van der Waals surface area contributed by atoms with Crippen LogP contribution in [0.1, 0.15) is 39.0 Å². The normalized spacial score (nSPS) is 13.4. The Bertz CT molecular complexity index is 164. The highest BCUT2D eigenvalue weighted by atomic mass is 16.4. The fourth-order valence-electron chi connectivity index (χ4n) is 1.13. The summed E-state index contributed by atoms with van der Waals surface area (Å²) < 4.78 is 0. The molecule has 0 bridgehead atoms. The summed E-state index contributed by atoms with van der Waals surface area (Å²) in [6.07, 6.45) is 6.72.